The van der Waals surface area contributed by atoms with Gasteiger partial charge >= 0.3 is 5.97 Å². The van der Waals surface area contributed by atoms with Crippen molar-refractivity contribution in [2.24, 2.45) is 0 Å². The molecule has 1 unspecified atom stereocenters. The van der Waals surface area contributed by atoms with Crippen LogP contribution in [-0.4, -0.2) is 33.5 Å². The first-order chi connectivity index (χ1) is 11.1. The van der Waals surface area contributed by atoms with Crippen molar-refractivity contribution >= 4 is 11.9 Å². The van der Waals surface area contributed by atoms with Crippen molar-refractivity contribution in [3.05, 3.63) is 35.4 Å². The molecule has 4 nitrogen and oxygen atoms in total. The van der Waals surface area contributed by atoms with E-state index in [1.54, 1.807) is 6.07 Å². The van der Waals surface area contributed by atoms with Gasteiger partial charge in [0.15, 0.2) is 0 Å². The molecule has 1 amide bonds. The van der Waals surface area contributed by atoms with Gasteiger partial charge in [-0.25, -0.2) is 0 Å². The smallest absolute Gasteiger partial charge is 0.313 e. The third kappa shape index (κ3) is 2.19. The summed E-state index contributed by atoms with van der Waals surface area (Å²) in [5.41, 5.74) is 0.806. The minimum atomic E-state index is -0.780. The van der Waals surface area contributed by atoms with Crippen molar-refractivity contribution in [2.75, 3.05) is 0 Å². The number of benzene rings is 1. The van der Waals surface area contributed by atoms with E-state index in [4.69, 9.17) is 0 Å². The molecule has 0 radical (unpaired) electrons. The summed E-state index contributed by atoms with van der Waals surface area (Å²) in [6, 6.07) is 7.59. The highest BCUT2D eigenvalue weighted by Crippen LogP contribution is 2.52. The van der Waals surface area contributed by atoms with E-state index in [2.05, 4.69) is 0 Å². The van der Waals surface area contributed by atoms with Gasteiger partial charge in [-0.15, -0.1) is 0 Å². The number of carboxylic acids is 1. The molecule has 1 aromatic carbocycles. The number of nitrogens with zero attached hydrogens (tertiary/aromatic N) is 1. The molecule has 3 aliphatic rings. The van der Waals surface area contributed by atoms with E-state index in [9.17, 15) is 14.7 Å². The summed E-state index contributed by atoms with van der Waals surface area (Å²) in [6.07, 6.45) is 7.99. The van der Waals surface area contributed by atoms with Gasteiger partial charge in [-0.2, -0.15) is 0 Å². The Morgan fingerprint density at radius 3 is 2.35 bits per heavy atom. The van der Waals surface area contributed by atoms with Crippen LogP contribution in [0.3, 0.4) is 0 Å². The van der Waals surface area contributed by atoms with E-state index in [0.717, 1.165) is 56.9 Å². The van der Waals surface area contributed by atoms with Gasteiger partial charge in [0.25, 0.3) is 5.91 Å². The number of amides is 1. The Labute approximate surface area is 136 Å². The van der Waals surface area contributed by atoms with Crippen molar-refractivity contribution in [3.8, 4) is 0 Å². The molecule has 1 atom stereocenters. The van der Waals surface area contributed by atoms with Gasteiger partial charge in [-0.05, 0) is 37.3 Å². The van der Waals surface area contributed by atoms with Crippen molar-refractivity contribution < 1.29 is 14.7 Å². The van der Waals surface area contributed by atoms with Crippen LogP contribution in [0.1, 0.15) is 73.2 Å². The lowest BCUT2D eigenvalue weighted by atomic mass is 9.68. The van der Waals surface area contributed by atoms with Crippen molar-refractivity contribution in [1.29, 1.82) is 0 Å². The maximum Gasteiger partial charge on any atom is 0.313 e. The van der Waals surface area contributed by atoms with Gasteiger partial charge in [0.2, 0.25) is 0 Å². The highest BCUT2D eigenvalue weighted by Gasteiger charge is 2.57. The topological polar surface area (TPSA) is 57.6 Å². The lowest BCUT2D eigenvalue weighted by Crippen LogP contribution is -2.61. The van der Waals surface area contributed by atoms with E-state index in [0.29, 0.717) is 5.56 Å². The molecule has 2 aliphatic carbocycles. The molecular weight excluding hydrogens is 290 g/mol. The zero-order valence-corrected chi connectivity index (χ0v) is 13.3. The molecule has 122 valence electrons. The van der Waals surface area contributed by atoms with E-state index < -0.39 is 17.4 Å². The summed E-state index contributed by atoms with van der Waals surface area (Å²) < 4.78 is 0. The van der Waals surface area contributed by atoms with Crippen LogP contribution in [0.25, 0.3) is 0 Å². The van der Waals surface area contributed by atoms with Crippen LogP contribution in [0.4, 0.5) is 0 Å². The molecule has 2 fully saturated rings. The Hall–Kier alpha value is -1.84. The Balaban J connectivity index is 1.92. The molecule has 4 rings (SSSR count). The van der Waals surface area contributed by atoms with Gasteiger partial charge in [-0.3, -0.25) is 9.59 Å². The number of carboxylic acid groups (broad SMARTS) is 1. The fourth-order valence-corrected chi connectivity index (χ4v) is 4.80. The standard InChI is InChI=1S/C19H23NO3/c21-17-15-8-4-3-7-14(15)16(18(22)23)19(20(17)13-9-10-13)11-5-1-2-6-12-19/h3-4,7-8,13,16H,1-2,5-6,9-12H2,(H,22,23). The van der Waals surface area contributed by atoms with Gasteiger partial charge in [0, 0.05) is 11.6 Å². The molecule has 4 heteroatoms. The zero-order chi connectivity index (χ0) is 16.0. The summed E-state index contributed by atoms with van der Waals surface area (Å²) in [4.78, 5) is 27.4. The number of fused-ring (bicyclic) bond motifs is 1. The summed E-state index contributed by atoms with van der Waals surface area (Å²) >= 11 is 0. The van der Waals surface area contributed by atoms with Gasteiger partial charge in [-0.1, -0.05) is 43.9 Å². The van der Waals surface area contributed by atoms with Crippen molar-refractivity contribution in [2.45, 2.75) is 68.9 Å². The normalized spacial score (nSPS) is 26.7. The van der Waals surface area contributed by atoms with Crippen LogP contribution in [0.2, 0.25) is 0 Å². The highest BCUT2D eigenvalue weighted by molar-refractivity contribution is 6.01. The number of rotatable bonds is 2. The van der Waals surface area contributed by atoms with Crippen LogP contribution in [-0.2, 0) is 4.79 Å². The minimum absolute atomic E-state index is 0.0579. The molecule has 0 bridgehead atoms. The Kier molecular flexibility index (Phi) is 3.43. The fourth-order valence-electron chi connectivity index (χ4n) is 4.80. The largest absolute Gasteiger partial charge is 0.481 e. The van der Waals surface area contributed by atoms with E-state index >= 15 is 0 Å². The average Bonchev–Trinajstić information content (AvgIpc) is 3.36. The second-order valence-electron chi connectivity index (χ2n) is 7.28. The second-order valence-corrected chi connectivity index (χ2v) is 7.28. The van der Waals surface area contributed by atoms with Crippen LogP contribution in [0.15, 0.2) is 24.3 Å². The molecule has 23 heavy (non-hydrogen) atoms. The molecular formula is C19H23NO3. The minimum Gasteiger partial charge on any atom is -0.481 e. The Morgan fingerprint density at radius 1 is 1.09 bits per heavy atom. The maximum atomic E-state index is 13.2. The number of aliphatic carboxylic acids is 1. The first-order valence-corrected chi connectivity index (χ1v) is 8.80. The van der Waals surface area contributed by atoms with Gasteiger partial charge in [0.05, 0.1) is 5.54 Å². The molecule has 0 saturated heterocycles. The fraction of sp³-hybridized carbons (Fsp3) is 0.579. The molecule has 1 aliphatic heterocycles. The molecule has 1 heterocycles. The van der Waals surface area contributed by atoms with E-state index in [1.807, 2.05) is 23.1 Å². The Morgan fingerprint density at radius 2 is 1.74 bits per heavy atom. The Bertz CT molecular complexity index is 642. The average molecular weight is 313 g/mol. The van der Waals surface area contributed by atoms with E-state index in [-0.39, 0.29) is 11.9 Å². The summed E-state index contributed by atoms with van der Waals surface area (Å²) in [5, 5.41) is 10.1. The molecule has 0 aromatic heterocycles. The van der Waals surface area contributed by atoms with Crippen molar-refractivity contribution in [1.82, 2.24) is 4.90 Å². The number of hydrogen-bond acceptors (Lipinski definition) is 2. The SMILES string of the molecule is O=C(O)C1c2ccccc2C(=O)N(C2CC2)C12CCCCCC2. The quantitative estimate of drug-likeness (QED) is 0.908. The van der Waals surface area contributed by atoms with Crippen LogP contribution >= 0.6 is 0 Å². The highest BCUT2D eigenvalue weighted by atomic mass is 16.4. The molecule has 1 spiro atoms. The van der Waals surface area contributed by atoms with Crippen LogP contribution in [0.5, 0.6) is 0 Å². The summed E-state index contributed by atoms with van der Waals surface area (Å²) in [6.45, 7) is 0. The van der Waals surface area contributed by atoms with Crippen LogP contribution < -0.4 is 0 Å². The number of carbonyl (C=O) groups excluding carboxylic acids is 1. The second kappa shape index (κ2) is 5.36. The molecule has 2 saturated carbocycles. The third-order valence-corrected chi connectivity index (χ3v) is 5.87. The van der Waals surface area contributed by atoms with Gasteiger partial charge < -0.3 is 10.0 Å². The first-order valence-electron chi connectivity index (χ1n) is 8.80. The molecule has 1 N–H and O–H groups in total. The number of carbonyl (C=O) groups is 2. The monoisotopic (exact) mass is 313 g/mol. The first kappa shape index (κ1) is 14.7. The van der Waals surface area contributed by atoms with Crippen LogP contribution in [0, 0.1) is 0 Å². The lowest BCUT2D eigenvalue weighted by Gasteiger charge is -2.51. The zero-order valence-electron chi connectivity index (χ0n) is 13.3. The predicted molar refractivity (Wildman–Crippen MR) is 86.4 cm³/mol. The van der Waals surface area contributed by atoms with Crippen molar-refractivity contribution in [3.63, 3.8) is 0 Å². The predicted octanol–water partition coefficient (Wildman–Crippen LogP) is 3.57. The maximum absolute atomic E-state index is 13.2. The summed E-state index contributed by atoms with van der Waals surface area (Å²) in [7, 11) is 0. The van der Waals surface area contributed by atoms with Gasteiger partial charge in [0.1, 0.15) is 5.92 Å². The lowest BCUT2D eigenvalue weighted by molar-refractivity contribution is -0.143. The molecule has 1 aromatic rings. The van der Waals surface area contributed by atoms with E-state index in [1.165, 1.54) is 0 Å². The third-order valence-electron chi connectivity index (χ3n) is 5.87. The number of hydrogen-bond donors (Lipinski definition) is 1. The summed E-state index contributed by atoms with van der Waals surface area (Å²) in [5.74, 6) is -1.31.